The van der Waals surface area contributed by atoms with Crippen LogP contribution in [-0.4, -0.2) is 11.8 Å². The van der Waals surface area contributed by atoms with E-state index in [1.54, 1.807) is 36.4 Å². The van der Waals surface area contributed by atoms with Gasteiger partial charge in [-0.3, -0.25) is 9.59 Å². The minimum atomic E-state index is -0.184. The van der Waals surface area contributed by atoms with Crippen LogP contribution in [0.3, 0.4) is 0 Å². The molecule has 3 rings (SSSR count). The molecule has 0 bridgehead atoms. The van der Waals surface area contributed by atoms with Gasteiger partial charge in [0, 0.05) is 27.0 Å². The van der Waals surface area contributed by atoms with Gasteiger partial charge in [0.15, 0.2) is 0 Å². The van der Waals surface area contributed by atoms with Crippen LogP contribution in [0.25, 0.3) is 0 Å². The molecule has 3 aromatic carbocycles. The van der Waals surface area contributed by atoms with E-state index in [4.69, 9.17) is 0 Å². The molecule has 0 unspecified atom stereocenters. The molecule has 0 aromatic heterocycles. The van der Waals surface area contributed by atoms with Crippen LogP contribution >= 0.6 is 15.9 Å². The van der Waals surface area contributed by atoms with Crippen LogP contribution in [0.2, 0.25) is 0 Å². The first kappa shape index (κ1) is 18.9. The van der Waals surface area contributed by atoms with Crippen LogP contribution in [0.4, 0.5) is 11.4 Å². The van der Waals surface area contributed by atoms with Crippen LogP contribution in [0.15, 0.2) is 71.2 Å². The number of hydrogen-bond acceptors (Lipinski definition) is 2. The Bertz CT molecular complexity index is 1000. The van der Waals surface area contributed by atoms with Gasteiger partial charge in [0.2, 0.25) is 0 Å². The lowest BCUT2D eigenvalue weighted by Crippen LogP contribution is -2.14. The lowest BCUT2D eigenvalue weighted by molar-refractivity contribution is 0.101. The summed E-state index contributed by atoms with van der Waals surface area (Å²) in [5.41, 5.74) is 4.49. The van der Waals surface area contributed by atoms with Crippen molar-refractivity contribution in [3.63, 3.8) is 0 Å². The fourth-order valence-corrected chi connectivity index (χ4v) is 2.98. The number of hydrogen-bond donors (Lipinski definition) is 2. The molecule has 0 aliphatic rings. The number of rotatable bonds is 4. The van der Waals surface area contributed by atoms with E-state index in [0.717, 1.165) is 15.6 Å². The third-order valence-corrected chi connectivity index (χ3v) is 5.06. The van der Waals surface area contributed by atoms with Gasteiger partial charge < -0.3 is 10.6 Å². The highest BCUT2D eigenvalue weighted by atomic mass is 79.9. The van der Waals surface area contributed by atoms with Crippen molar-refractivity contribution >= 4 is 39.1 Å². The van der Waals surface area contributed by atoms with Gasteiger partial charge in [-0.1, -0.05) is 40.2 Å². The molecule has 2 amide bonds. The molecule has 0 saturated carbocycles. The largest absolute Gasteiger partial charge is 0.322 e. The van der Waals surface area contributed by atoms with Gasteiger partial charge in [0.25, 0.3) is 11.8 Å². The molecule has 0 atom stereocenters. The van der Waals surface area contributed by atoms with E-state index in [9.17, 15) is 9.59 Å². The molecule has 3 aromatic rings. The zero-order valence-electron chi connectivity index (χ0n) is 15.0. The molecule has 0 fully saturated rings. The zero-order chi connectivity index (χ0) is 19.4. The number of carbonyl (C=O) groups is 2. The second-order valence-corrected chi connectivity index (χ2v) is 7.12. The first-order chi connectivity index (χ1) is 12.9. The summed E-state index contributed by atoms with van der Waals surface area (Å²) < 4.78 is 0.894. The fraction of sp³-hybridized carbons (Fsp3) is 0.0909. The maximum absolute atomic E-state index is 12.4. The van der Waals surface area contributed by atoms with Crippen LogP contribution in [0, 0.1) is 13.8 Å². The van der Waals surface area contributed by atoms with E-state index in [-0.39, 0.29) is 11.8 Å². The Morgan fingerprint density at radius 2 is 1.44 bits per heavy atom. The monoisotopic (exact) mass is 422 g/mol. The lowest BCUT2D eigenvalue weighted by atomic mass is 10.1. The summed E-state index contributed by atoms with van der Waals surface area (Å²) in [5.74, 6) is -0.351. The van der Waals surface area contributed by atoms with Gasteiger partial charge in [-0.05, 0) is 67.4 Å². The molecule has 0 saturated heterocycles. The smallest absolute Gasteiger partial charge is 0.255 e. The van der Waals surface area contributed by atoms with E-state index in [0.29, 0.717) is 22.5 Å². The second kappa shape index (κ2) is 8.18. The van der Waals surface area contributed by atoms with Crippen LogP contribution in [0.5, 0.6) is 0 Å². The second-order valence-electron chi connectivity index (χ2n) is 6.27. The summed E-state index contributed by atoms with van der Waals surface area (Å²) in [6, 6.07) is 19.9. The molecule has 0 radical (unpaired) electrons. The highest BCUT2D eigenvalue weighted by molar-refractivity contribution is 9.10. The predicted molar refractivity (Wildman–Crippen MR) is 112 cm³/mol. The Morgan fingerprint density at radius 1 is 0.741 bits per heavy atom. The van der Waals surface area contributed by atoms with Gasteiger partial charge in [-0.2, -0.15) is 0 Å². The Balaban J connectivity index is 1.71. The van der Waals surface area contributed by atoms with E-state index < -0.39 is 0 Å². The van der Waals surface area contributed by atoms with E-state index in [1.165, 1.54) is 0 Å². The van der Waals surface area contributed by atoms with Crippen molar-refractivity contribution in [1.82, 2.24) is 0 Å². The predicted octanol–water partition coefficient (Wildman–Crippen LogP) is 5.57. The number of halogens is 1. The summed E-state index contributed by atoms with van der Waals surface area (Å²) in [6.07, 6.45) is 0. The van der Waals surface area contributed by atoms with Crippen molar-refractivity contribution in [3.8, 4) is 0 Å². The summed E-state index contributed by atoms with van der Waals surface area (Å²) in [5, 5.41) is 5.78. The molecule has 4 nitrogen and oxygen atoms in total. The Morgan fingerprint density at radius 3 is 2.11 bits per heavy atom. The number of benzene rings is 3. The topological polar surface area (TPSA) is 58.2 Å². The quantitative estimate of drug-likeness (QED) is 0.577. The minimum Gasteiger partial charge on any atom is -0.322 e. The molecule has 0 aliphatic carbocycles. The molecule has 5 heteroatoms. The maximum Gasteiger partial charge on any atom is 0.255 e. The summed E-state index contributed by atoms with van der Waals surface area (Å²) in [6.45, 7) is 3.86. The van der Waals surface area contributed by atoms with Crippen molar-refractivity contribution < 1.29 is 9.59 Å². The molecular weight excluding hydrogens is 404 g/mol. The average molecular weight is 423 g/mol. The number of carbonyl (C=O) groups excluding carboxylic acids is 2. The molecule has 136 valence electrons. The Kier molecular flexibility index (Phi) is 5.72. The van der Waals surface area contributed by atoms with Crippen molar-refractivity contribution in [1.29, 1.82) is 0 Å². The van der Waals surface area contributed by atoms with Gasteiger partial charge in [0.1, 0.15) is 0 Å². The first-order valence-electron chi connectivity index (χ1n) is 8.48. The highest BCUT2D eigenvalue weighted by Crippen LogP contribution is 2.22. The van der Waals surface area contributed by atoms with Crippen LogP contribution < -0.4 is 10.6 Å². The van der Waals surface area contributed by atoms with Gasteiger partial charge in [-0.15, -0.1) is 0 Å². The molecule has 0 heterocycles. The van der Waals surface area contributed by atoms with Gasteiger partial charge >= 0.3 is 0 Å². The van der Waals surface area contributed by atoms with Crippen molar-refractivity contribution in [2.24, 2.45) is 0 Å². The number of anilines is 2. The fourth-order valence-electron chi connectivity index (χ4n) is 2.60. The molecule has 0 spiro atoms. The SMILES string of the molecule is Cc1ccc(C(=O)Nc2ccc(NC(=O)c3ccccc3)c(C)c2)cc1Br. The van der Waals surface area contributed by atoms with Crippen LogP contribution in [-0.2, 0) is 0 Å². The molecule has 0 aliphatic heterocycles. The van der Waals surface area contributed by atoms with E-state index >= 15 is 0 Å². The van der Waals surface area contributed by atoms with Crippen molar-refractivity contribution in [2.45, 2.75) is 13.8 Å². The Labute approximate surface area is 166 Å². The van der Waals surface area contributed by atoms with Crippen LogP contribution in [0.1, 0.15) is 31.8 Å². The van der Waals surface area contributed by atoms with Crippen molar-refractivity contribution in [2.75, 3.05) is 10.6 Å². The standard InChI is InChI=1S/C22H19BrN2O2/c1-14-8-9-17(13-19(14)23)22(27)24-18-10-11-20(15(2)12-18)25-21(26)16-6-4-3-5-7-16/h3-13H,1-2H3,(H,24,27)(H,25,26). The lowest BCUT2D eigenvalue weighted by Gasteiger charge is -2.12. The van der Waals surface area contributed by atoms with E-state index in [1.807, 2.05) is 44.2 Å². The number of amides is 2. The summed E-state index contributed by atoms with van der Waals surface area (Å²) in [7, 11) is 0. The molecular formula is C22H19BrN2O2. The first-order valence-corrected chi connectivity index (χ1v) is 9.28. The minimum absolute atomic E-state index is 0.167. The van der Waals surface area contributed by atoms with Gasteiger partial charge in [0.05, 0.1) is 0 Å². The highest BCUT2D eigenvalue weighted by Gasteiger charge is 2.10. The normalized spacial score (nSPS) is 10.3. The average Bonchev–Trinajstić information content (AvgIpc) is 2.66. The third-order valence-electron chi connectivity index (χ3n) is 4.20. The van der Waals surface area contributed by atoms with Crippen molar-refractivity contribution in [3.05, 3.63) is 93.5 Å². The molecule has 2 N–H and O–H groups in total. The van der Waals surface area contributed by atoms with E-state index in [2.05, 4.69) is 26.6 Å². The zero-order valence-corrected chi connectivity index (χ0v) is 16.6. The number of nitrogens with one attached hydrogen (secondary N) is 2. The number of aryl methyl sites for hydroxylation is 2. The van der Waals surface area contributed by atoms with Gasteiger partial charge in [-0.25, -0.2) is 0 Å². The molecule has 27 heavy (non-hydrogen) atoms. The maximum atomic E-state index is 12.4. The summed E-state index contributed by atoms with van der Waals surface area (Å²) in [4.78, 5) is 24.7. The summed E-state index contributed by atoms with van der Waals surface area (Å²) >= 11 is 3.44. The Hall–Kier alpha value is -2.92. The third kappa shape index (κ3) is 4.63.